The highest BCUT2D eigenvalue weighted by Crippen LogP contribution is 2.53. The van der Waals surface area contributed by atoms with Gasteiger partial charge in [-0.25, -0.2) is 4.98 Å². The molecule has 2 heterocycles. The molecule has 4 amide bonds. The van der Waals surface area contributed by atoms with E-state index in [-0.39, 0.29) is 43.1 Å². The SMILES string of the molecule is COc1ccc2c(OC3CC(C(=O)NCC4(C(N)=O)C[C@H]4/C=C/CCCCC(=O)Nc4ccccc4SO)N(C(C)=O)C3)cc(-c3ccccc3)nc2c1. The van der Waals surface area contributed by atoms with Gasteiger partial charge in [-0.05, 0) is 55.9 Å². The molecular formula is C41H45N5O7S. The number of unbranched alkanes of at least 4 members (excludes halogenated alkanes) is 2. The van der Waals surface area contributed by atoms with Crippen molar-refractivity contribution in [3.8, 4) is 22.8 Å². The smallest absolute Gasteiger partial charge is 0.242 e. The lowest BCUT2D eigenvalue weighted by Crippen LogP contribution is -2.48. The number of allylic oxidation sites excluding steroid dienone is 2. The van der Waals surface area contributed by atoms with Gasteiger partial charge >= 0.3 is 0 Å². The standard InChI is InChI=1S/C41H45N5O7S/c1-26(47)46-24-30(53-36-22-33(27-12-6-5-7-13-27)44-34-20-29(52-2)18-19-31(34)36)21-35(46)39(49)43-25-41(40(42)50)23-28(41)14-8-3-4-9-17-38(48)45-32-15-10-11-16-37(32)54-51/h5-8,10-16,18-20,22,28,30,35,51H,3-4,9,17,21,23-25H2,1-2H3,(H2,42,50)(H,43,49)(H,45,48)/b14-8+/t28-,30?,35?,41?/m1/s1. The number of carbonyl (C=O) groups excluding carboxylic acids is 4. The molecule has 1 aliphatic carbocycles. The molecule has 1 saturated heterocycles. The number of anilines is 1. The number of amides is 4. The zero-order valence-corrected chi connectivity index (χ0v) is 31.1. The first-order valence-corrected chi connectivity index (χ1v) is 18.8. The van der Waals surface area contributed by atoms with Gasteiger partial charge in [0, 0.05) is 61.4 Å². The Morgan fingerprint density at radius 1 is 1.06 bits per heavy atom. The molecule has 5 N–H and O–H groups in total. The lowest BCUT2D eigenvalue weighted by Gasteiger charge is -2.23. The number of pyridine rings is 1. The maximum Gasteiger partial charge on any atom is 0.242 e. The first-order chi connectivity index (χ1) is 26.1. The van der Waals surface area contributed by atoms with Gasteiger partial charge in [-0.1, -0.05) is 54.6 Å². The van der Waals surface area contributed by atoms with Crippen molar-refractivity contribution in [1.82, 2.24) is 15.2 Å². The van der Waals surface area contributed by atoms with Crippen LogP contribution in [0, 0.1) is 11.3 Å². The van der Waals surface area contributed by atoms with Gasteiger partial charge < -0.3 is 35.3 Å². The molecule has 6 rings (SSSR count). The van der Waals surface area contributed by atoms with Gasteiger partial charge in [-0.3, -0.25) is 19.2 Å². The fourth-order valence-electron chi connectivity index (χ4n) is 7.01. The number of aromatic nitrogens is 1. The molecule has 3 unspecified atom stereocenters. The number of benzene rings is 3. The summed E-state index contributed by atoms with van der Waals surface area (Å²) in [6, 6.07) is 23.5. The third kappa shape index (κ3) is 8.86. The summed E-state index contributed by atoms with van der Waals surface area (Å²) in [6.45, 7) is 1.71. The zero-order valence-electron chi connectivity index (χ0n) is 30.3. The van der Waals surface area contributed by atoms with E-state index in [4.69, 9.17) is 20.2 Å². The van der Waals surface area contributed by atoms with E-state index in [1.165, 1.54) is 11.8 Å². The second-order valence-electron chi connectivity index (χ2n) is 13.8. The molecule has 1 saturated carbocycles. The zero-order chi connectivity index (χ0) is 38.2. The van der Waals surface area contributed by atoms with Crippen LogP contribution in [0.2, 0.25) is 0 Å². The number of hydrogen-bond donors (Lipinski definition) is 4. The summed E-state index contributed by atoms with van der Waals surface area (Å²) in [6.07, 6.45) is 6.77. The van der Waals surface area contributed by atoms with Crippen molar-refractivity contribution in [2.45, 2.75) is 62.5 Å². The van der Waals surface area contributed by atoms with Crippen molar-refractivity contribution >= 4 is 52.3 Å². The number of methoxy groups -OCH3 is 1. The Morgan fingerprint density at radius 3 is 2.57 bits per heavy atom. The molecule has 54 heavy (non-hydrogen) atoms. The van der Waals surface area contributed by atoms with Crippen LogP contribution in [0.25, 0.3) is 22.2 Å². The molecule has 2 aliphatic rings. The number of nitrogens with two attached hydrogens (primary N) is 1. The van der Waals surface area contributed by atoms with Crippen molar-refractivity contribution in [3.63, 3.8) is 0 Å². The molecule has 282 valence electrons. The van der Waals surface area contributed by atoms with E-state index >= 15 is 0 Å². The van der Waals surface area contributed by atoms with Crippen LogP contribution in [0.4, 0.5) is 5.69 Å². The minimum Gasteiger partial charge on any atom is -0.497 e. The van der Waals surface area contributed by atoms with Gasteiger partial charge in [0.2, 0.25) is 23.6 Å². The monoisotopic (exact) mass is 751 g/mol. The lowest BCUT2D eigenvalue weighted by atomic mass is 10.0. The molecule has 0 spiro atoms. The topological polar surface area (TPSA) is 173 Å². The Hall–Kier alpha value is -5.40. The first kappa shape index (κ1) is 38.3. The second kappa shape index (κ2) is 17.2. The van der Waals surface area contributed by atoms with Crippen LogP contribution in [0.3, 0.4) is 0 Å². The molecule has 4 aromatic rings. The lowest BCUT2D eigenvalue weighted by molar-refractivity contribution is -0.137. The average molecular weight is 752 g/mol. The number of primary amides is 1. The fourth-order valence-corrected chi connectivity index (χ4v) is 7.37. The highest BCUT2D eigenvalue weighted by atomic mass is 32.2. The van der Waals surface area contributed by atoms with E-state index in [9.17, 15) is 23.7 Å². The van der Waals surface area contributed by atoms with Gasteiger partial charge in [-0.15, -0.1) is 0 Å². The molecule has 3 aromatic carbocycles. The van der Waals surface area contributed by atoms with Crippen LogP contribution in [0.5, 0.6) is 11.5 Å². The van der Waals surface area contributed by atoms with E-state index in [1.54, 1.807) is 31.4 Å². The molecule has 13 heteroatoms. The number of fused-ring (bicyclic) bond motifs is 1. The van der Waals surface area contributed by atoms with Gasteiger partial charge in [0.15, 0.2) is 0 Å². The summed E-state index contributed by atoms with van der Waals surface area (Å²) in [5.41, 5.74) is 7.85. The van der Waals surface area contributed by atoms with Crippen LogP contribution in [0.1, 0.15) is 45.4 Å². The van der Waals surface area contributed by atoms with Crippen molar-refractivity contribution in [2.24, 2.45) is 17.1 Å². The summed E-state index contributed by atoms with van der Waals surface area (Å²) < 4.78 is 21.4. The number of hydrogen-bond acceptors (Lipinski definition) is 9. The first-order valence-electron chi connectivity index (χ1n) is 18.0. The van der Waals surface area contributed by atoms with E-state index in [0.29, 0.717) is 58.9 Å². The number of rotatable bonds is 16. The van der Waals surface area contributed by atoms with Crippen molar-refractivity contribution in [1.29, 1.82) is 0 Å². The highest BCUT2D eigenvalue weighted by molar-refractivity contribution is 7.94. The summed E-state index contributed by atoms with van der Waals surface area (Å²) in [5, 5.41) is 6.53. The van der Waals surface area contributed by atoms with Crippen LogP contribution in [0.15, 0.2) is 95.9 Å². The average Bonchev–Trinajstić information content (AvgIpc) is 3.74. The maximum absolute atomic E-state index is 13.6. The van der Waals surface area contributed by atoms with E-state index in [1.807, 2.05) is 66.7 Å². The second-order valence-corrected chi connectivity index (χ2v) is 14.4. The van der Waals surface area contributed by atoms with Crippen LogP contribution < -0.4 is 25.8 Å². The van der Waals surface area contributed by atoms with Gasteiger partial charge in [0.1, 0.15) is 23.6 Å². The molecule has 4 atom stereocenters. The summed E-state index contributed by atoms with van der Waals surface area (Å²) in [7, 11) is 1.60. The van der Waals surface area contributed by atoms with Crippen molar-refractivity contribution in [3.05, 3.63) is 91.0 Å². The van der Waals surface area contributed by atoms with E-state index in [2.05, 4.69) is 10.6 Å². The Balaban J connectivity index is 1.03. The molecule has 1 aromatic heterocycles. The molecule has 12 nitrogen and oxygen atoms in total. The van der Waals surface area contributed by atoms with E-state index in [0.717, 1.165) is 29.5 Å². The quantitative estimate of drug-likeness (QED) is 0.0590. The number of nitrogens with zero attached hydrogens (tertiary/aromatic N) is 2. The third-order valence-electron chi connectivity index (χ3n) is 10.2. The highest BCUT2D eigenvalue weighted by Gasteiger charge is 2.58. The molecule has 0 radical (unpaired) electrons. The van der Waals surface area contributed by atoms with Gasteiger partial charge in [0.25, 0.3) is 0 Å². The van der Waals surface area contributed by atoms with E-state index < -0.39 is 23.5 Å². The van der Waals surface area contributed by atoms with Crippen LogP contribution in [-0.4, -0.2) is 70.4 Å². The van der Waals surface area contributed by atoms with Crippen molar-refractivity contribution < 1.29 is 33.2 Å². The third-order valence-corrected chi connectivity index (χ3v) is 10.7. The Morgan fingerprint density at radius 2 is 1.83 bits per heavy atom. The molecule has 0 bridgehead atoms. The van der Waals surface area contributed by atoms with Crippen molar-refractivity contribution in [2.75, 3.05) is 25.5 Å². The number of nitrogens with one attached hydrogen (secondary N) is 2. The Bertz CT molecular complexity index is 2040. The Labute approximate surface area is 318 Å². The minimum absolute atomic E-state index is 0.0645. The number of likely N-dealkylation sites (tertiary alicyclic amines) is 1. The molecule has 2 fully saturated rings. The number of para-hydroxylation sites is 1. The molecule has 1 aliphatic heterocycles. The van der Waals surface area contributed by atoms with Gasteiger partial charge in [0.05, 0.1) is 40.9 Å². The number of carbonyl (C=O) groups is 4. The van der Waals surface area contributed by atoms with Gasteiger partial charge in [-0.2, -0.15) is 0 Å². The summed E-state index contributed by atoms with van der Waals surface area (Å²) >= 11 is 0.591. The number of ether oxygens (including phenoxy) is 2. The normalized spacial score (nSPS) is 20.5. The largest absolute Gasteiger partial charge is 0.497 e. The Kier molecular flexibility index (Phi) is 12.2. The predicted molar refractivity (Wildman–Crippen MR) is 208 cm³/mol. The summed E-state index contributed by atoms with van der Waals surface area (Å²) in [4.78, 5) is 58.3. The predicted octanol–water partition coefficient (Wildman–Crippen LogP) is 6.21. The van der Waals surface area contributed by atoms with Crippen LogP contribution >= 0.6 is 12.0 Å². The fraction of sp³-hybridized carbons (Fsp3) is 0.341. The molecular weight excluding hydrogens is 707 g/mol. The summed E-state index contributed by atoms with van der Waals surface area (Å²) in [5.74, 6) is -0.0961. The minimum atomic E-state index is -0.898. The maximum atomic E-state index is 13.6. The van der Waals surface area contributed by atoms with Crippen LogP contribution in [-0.2, 0) is 19.2 Å².